The van der Waals surface area contributed by atoms with E-state index in [4.69, 9.17) is 26.1 Å². The molecular weight excluding hydrogens is 529 g/mol. The van der Waals surface area contributed by atoms with Gasteiger partial charge in [-0.15, -0.1) is 11.3 Å². The molecule has 0 spiro atoms. The van der Waals surface area contributed by atoms with Crippen LogP contribution >= 0.6 is 22.9 Å². The normalized spacial score (nSPS) is 17.8. The molecule has 1 unspecified atom stereocenters. The summed E-state index contributed by atoms with van der Waals surface area (Å²) in [5.74, 6) is 0.914. The number of aromatic nitrogens is 4. The number of ether oxygens (including phenoxy) is 2. The third-order valence-corrected chi connectivity index (χ3v) is 8.01. The summed E-state index contributed by atoms with van der Waals surface area (Å²) in [7, 11) is 0. The Balaban J connectivity index is 1.12. The number of carbonyl (C=O) groups excluding carboxylic acids is 1. The average molecular weight is 554 g/mol. The van der Waals surface area contributed by atoms with E-state index in [9.17, 15) is 9.18 Å². The standard InChI is InChI=1S/C27H25ClFN5O3S/c28-19-2-1-18(22(29)9-19)16-37-26-12-30-11-23(31-26)17-3-6-33(7-4-17)14-25-32-27-24(10-21(15-35)38-27)34(25)13-20-5-8-36-20/h1-3,9-12,15,20H,4-8,13-14,16H2. The summed E-state index contributed by atoms with van der Waals surface area (Å²) < 4.78 is 27.6. The second-order valence-electron chi connectivity index (χ2n) is 9.36. The molecule has 6 rings (SSSR count). The lowest BCUT2D eigenvalue weighted by Crippen LogP contribution is -2.33. The van der Waals surface area contributed by atoms with Crippen molar-refractivity contribution in [1.82, 2.24) is 24.4 Å². The highest BCUT2D eigenvalue weighted by atomic mass is 35.5. The number of halogens is 2. The van der Waals surface area contributed by atoms with Crippen molar-refractivity contribution in [2.75, 3.05) is 19.7 Å². The van der Waals surface area contributed by atoms with Crippen LogP contribution in [0.5, 0.6) is 5.88 Å². The van der Waals surface area contributed by atoms with Crippen LogP contribution in [0.4, 0.5) is 4.39 Å². The number of benzene rings is 1. The fraction of sp³-hybridized carbons (Fsp3) is 0.333. The van der Waals surface area contributed by atoms with Gasteiger partial charge in [-0.1, -0.05) is 23.7 Å². The van der Waals surface area contributed by atoms with Gasteiger partial charge in [0.2, 0.25) is 5.88 Å². The Bertz CT molecular complexity index is 1520. The molecule has 1 saturated heterocycles. The Morgan fingerprint density at radius 2 is 2.16 bits per heavy atom. The van der Waals surface area contributed by atoms with Crippen molar-refractivity contribution in [3.05, 3.63) is 75.5 Å². The quantitative estimate of drug-likeness (QED) is 0.265. The number of imidazole rings is 1. The van der Waals surface area contributed by atoms with Crippen molar-refractivity contribution < 1.29 is 18.7 Å². The Morgan fingerprint density at radius 1 is 1.26 bits per heavy atom. The lowest BCUT2D eigenvalue weighted by molar-refractivity contribution is -0.0591. The van der Waals surface area contributed by atoms with Gasteiger partial charge in [-0.25, -0.2) is 14.4 Å². The molecule has 0 N–H and O–H groups in total. The lowest BCUT2D eigenvalue weighted by atomic mass is 10.1. The summed E-state index contributed by atoms with van der Waals surface area (Å²) in [5.41, 5.74) is 3.25. The molecule has 38 heavy (non-hydrogen) atoms. The van der Waals surface area contributed by atoms with Gasteiger partial charge in [0.1, 0.15) is 23.1 Å². The third-order valence-electron chi connectivity index (χ3n) is 6.83. The third kappa shape index (κ3) is 5.35. The van der Waals surface area contributed by atoms with E-state index in [1.807, 2.05) is 6.07 Å². The Morgan fingerprint density at radius 3 is 2.89 bits per heavy atom. The average Bonchev–Trinajstić information content (AvgIpc) is 3.44. The molecule has 1 aromatic carbocycles. The zero-order valence-electron chi connectivity index (χ0n) is 20.5. The minimum atomic E-state index is -0.415. The summed E-state index contributed by atoms with van der Waals surface area (Å²) in [6.45, 7) is 3.88. The van der Waals surface area contributed by atoms with Crippen molar-refractivity contribution >= 4 is 45.1 Å². The molecule has 2 aliphatic rings. The second kappa shape index (κ2) is 10.9. The fourth-order valence-corrected chi connectivity index (χ4v) is 5.67. The van der Waals surface area contributed by atoms with Crippen LogP contribution in [-0.2, 0) is 24.4 Å². The van der Waals surface area contributed by atoms with E-state index in [0.29, 0.717) is 27.9 Å². The van der Waals surface area contributed by atoms with Gasteiger partial charge in [-0.05, 0) is 36.6 Å². The fourth-order valence-electron chi connectivity index (χ4n) is 4.64. The van der Waals surface area contributed by atoms with Crippen LogP contribution in [0.1, 0.15) is 39.6 Å². The maximum Gasteiger partial charge on any atom is 0.233 e. The SMILES string of the molecule is O=Cc1cc2c(nc(CN3CC=C(c4cncc(OCc5ccc(Cl)cc5F)n4)CC3)n2CC2CCO2)s1. The molecule has 0 radical (unpaired) electrons. The smallest absolute Gasteiger partial charge is 0.233 e. The zero-order valence-corrected chi connectivity index (χ0v) is 22.1. The first kappa shape index (κ1) is 25.1. The van der Waals surface area contributed by atoms with Crippen molar-refractivity contribution in [3.8, 4) is 5.88 Å². The van der Waals surface area contributed by atoms with Gasteiger partial charge < -0.3 is 14.0 Å². The number of rotatable bonds is 9. The first-order valence-electron chi connectivity index (χ1n) is 12.4. The summed E-state index contributed by atoms with van der Waals surface area (Å²) in [6.07, 6.45) is 8.33. The molecule has 0 aliphatic carbocycles. The van der Waals surface area contributed by atoms with Gasteiger partial charge in [0, 0.05) is 30.3 Å². The number of hydrogen-bond acceptors (Lipinski definition) is 8. The van der Waals surface area contributed by atoms with Crippen molar-refractivity contribution in [1.29, 1.82) is 0 Å². The molecule has 0 saturated carbocycles. The van der Waals surface area contributed by atoms with Gasteiger partial charge in [0.25, 0.3) is 0 Å². The van der Waals surface area contributed by atoms with Crippen LogP contribution in [0.15, 0.2) is 42.7 Å². The van der Waals surface area contributed by atoms with Crippen LogP contribution in [0, 0.1) is 5.82 Å². The predicted molar refractivity (Wildman–Crippen MR) is 143 cm³/mol. The Kier molecular flexibility index (Phi) is 7.20. The Hall–Kier alpha value is -3.18. The summed E-state index contributed by atoms with van der Waals surface area (Å²) in [6, 6.07) is 6.41. The molecule has 4 aromatic rings. The molecule has 2 aliphatic heterocycles. The number of carbonyl (C=O) groups is 1. The predicted octanol–water partition coefficient (Wildman–Crippen LogP) is 5.15. The minimum Gasteiger partial charge on any atom is -0.472 e. The topological polar surface area (TPSA) is 82.4 Å². The largest absolute Gasteiger partial charge is 0.472 e. The second-order valence-corrected chi connectivity index (χ2v) is 10.9. The number of fused-ring (bicyclic) bond motifs is 1. The molecule has 5 heterocycles. The van der Waals surface area contributed by atoms with Crippen molar-refractivity contribution in [2.45, 2.75) is 38.6 Å². The maximum atomic E-state index is 14.1. The summed E-state index contributed by atoms with van der Waals surface area (Å²) in [5, 5.41) is 0.342. The highest BCUT2D eigenvalue weighted by Crippen LogP contribution is 2.29. The van der Waals surface area contributed by atoms with Crippen LogP contribution < -0.4 is 4.74 Å². The van der Waals surface area contributed by atoms with Crippen molar-refractivity contribution in [2.24, 2.45) is 0 Å². The molecule has 8 nitrogen and oxygen atoms in total. The molecule has 3 aromatic heterocycles. The van der Waals surface area contributed by atoms with Crippen LogP contribution in [0.2, 0.25) is 5.02 Å². The monoisotopic (exact) mass is 553 g/mol. The molecular formula is C27H25ClFN5O3S. The van der Waals surface area contributed by atoms with E-state index < -0.39 is 5.82 Å². The van der Waals surface area contributed by atoms with Gasteiger partial charge in [0.15, 0.2) is 6.29 Å². The Labute approximate surface area is 227 Å². The van der Waals surface area contributed by atoms with Crippen LogP contribution in [-0.4, -0.2) is 56.5 Å². The summed E-state index contributed by atoms with van der Waals surface area (Å²) in [4.78, 5) is 28.9. The molecule has 196 valence electrons. The van der Waals surface area contributed by atoms with E-state index in [1.54, 1.807) is 18.3 Å². The van der Waals surface area contributed by atoms with E-state index in [-0.39, 0.29) is 12.7 Å². The highest BCUT2D eigenvalue weighted by Gasteiger charge is 2.24. The van der Waals surface area contributed by atoms with E-state index in [0.717, 1.165) is 72.8 Å². The van der Waals surface area contributed by atoms with E-state index in [1.165, 1.54) is 23.6 Å². The molecule has 0 amide bonds. The maximum absolute atomic E-state index is 14.1. The zero-order chi connectivity index (χ0) is 26.1. The number of thiophene rings is 1. The molecule has 11 heteroatoms. The van der Waals surface area contributed by atoms with Gasteiger partial charge in [-0.3, -0.25) is 14.7 Å². The summed E-state index contributed by atoms with van der Waals surface area (Å²) >= 11 is 7.25. The molecule has 1 atom stereocenters. The molecule has 1 fully saturated rings. The first-order valence-corrected chi connectivity index (χ1v) is 13.6. The highest BCUT2D eigenvalue weighted by molar-refractivity contribution is 7.20. The van der Waals surface area contributed by atoms with Crippen LogP contribution in [0.25, 0.3) is 15.9 Å². The first-order chi connectivity index (χ1) is 18.6. The lowest BCUT2D eigenvalue weighted by Gasteiger charge is -2.29. The van der Waals surface area contributed by atoms with Crippen LogP contribution in [0.3, 0.4) is 0 Å². The van der Waals surface area contributed by atoms with Crippen molar-refractivity contribution in [3.63, 3.8) is 0 Å². The minimum absolute atomic E-state index is 0.0400. The van der Waals surface area contributed by atoms with Gasteiger partial charge in [-0.2, -0.15) is 0 Å². The number of hydrogen-bond donors (Lipinski definition) is 0. The van der Waals surface area contributed by atoms with Gasteiger partial charge >= 0.3 is 0 Å². The van der Waals surface area contributed by atoms with Gasteiger partial charge in [0.05, 0.1) is 47.7 Å². The van der Waals surface area contributed by atoms with E-state index in [2.05, 4.69) is 25.5 Å². The number of nitrogens with zero attached hydrogens (tertiary/aromatic N) is 5. The number of aldehydes is 1. The molecule has 0 bridgehead atoms. The van der Waals surface area contributed by atoms with E-state index >= 15 is 0 Å².